The van der Waals surface area contributed by atoms with Gasteiger partial charge in [-0.05, 0) is 30.4 Å². The van der Waals surface area contributed by atoms with Crippen LogP contribution in [0.25, 0.3) is 0 Å². The summed E-state index contributed by atoms with van der Waals surface area (Å²) >= 11 is 0. The van der Waals surface area contributed by atoms with E-state index in [0.29, 0.717) is 29.8 Å². The van der Waals surface area contributed by atoms with Crippen molar-refractivity contribution < 1.29 is 4.79 Å². The summed E-state index contributed by atoms with van der Waals surface area (Å²) in [4.78, 5) is 13.5. The van der Waals surface area contributed by atoms with Crippen molar-refractivity contribution in [3.8, 4) is 6.07 Å². The number of aryl methyl sites for hydroxylation is 1. The van der Waals surface area contributed by atoms with Crippen LogP contribution in [0.3, 0.4) is 0 Å². The first-order valence-corrected chi connectivity index (χ1v) is 10.2. The molecule has 1 heterocycles. The van der Waals surface area contributed by atoms with Gasteiger partial charge in [0.05, 0.1) is 17.6 Å². The lowest BCUT2D eigenvalue weighted by Gasteiger charge is -2.43. The smallest absolute Gasteiger partial charge is 0.162 e. The van der Waals surface area contributed by atoms with Crippen molar-refractivity contribution in [3.63, 3.8) is 0 Å². The Labute approximate surface area is 177 Å². The lowest BCUT2D eigenvalue weighted by atomic mass is 9.72. The molecule has 0 fully saturated rings. The first kappa shape index (κ1) is 19.9. The van der Waals surface area contributed by atoms with Gasteiger partial charge in [0.15, 0.2) is 5.78 Å². The summed E-state index contributed by atoms with van der Waals surface area (Å²) < 4.78 is 0. The van der Waals surface area contributed by atoms with E-state index in [4.69, 9.17) is 5.73 Å². The monoisotopic (exact) mass is 398 g/mol. The lowest BCUT2D eigenvalue weighted by Crippen LogP contribution is -2.46. The molecule has 1 aliphatic heterocycles. The molecule has 2 atom stereocenters. The molecular weight excluding hydrogens is 372 g/mol. The van der Waals surface area contributed by atoms with Crippen molar-refractivity contribution in [2.45, 2.75) is 31.6 Å². The fourth-order valence-electron chi connectivity index (χ4n) is 4.71. The van der Waals surface area contributed by atoms with E-state index in [0.717, 1.165) is 22.4 Å². The van der Waals surface area contributed by atoms with Crippen LogP contribution in [0.15, 0.2) is 77.3 Å². The first-order chi connectivity index (χ1) is 14.4. The van der Waals surface area contributed by atoms with E-state index in [-0.39, 0.29) is 11.7 Å². The Morgan fingerprint density at radius 3 is 2.40 bits per heavy atom. The molecule has 0 saturated carbocycles. The molecule has 4 rings (SSSR count). The Kier molecular flexibility index (Phi) is 5.19. The second-order valence-corrected chi connectivity index (χ2v) is 8.22. The summed E-state index contributed by atoms with van der Waals surface area (Å²) in [5.74, 6) is 0.151. The molecule has 5 heteroatoms. The second kappa shape index (κ2) is 7.81. The Bertz CT molecular complexity index is 1090. The number of nitriles is 1. The number of allylic oxidation sites excluding steroid dienone is 3. The Balaban J connectivity index is 1.90. The van der Waals surface area contributed by atoms with Crippen molar-refractivity contribution in [1.82, 2.24) is 10.0 Å². The molecule has 2 aromatic carbocycles. The van der Waals surface area contributed by atoms with Crippen molar-refractivity contribution in [3.05, 3.63) is 94.0 Å². The third kappa shape index (κ3) is 3.30. The van der Waals surface area contributed by atoms with Crippen LogP contribution in [0.4, 0.5) is 0 Å². The zero-order chi connectivity index (χ0) is 21.4. The fourth-order valence-corrected chi connectivity index (χ4v) is 4.71. The number of nitrogens with zero attached hydrogens (tertiary/aromatic N) is 3. The zero-order valence-corrected chi connectivity index (χ0v) is 17.6. The van der Waals surface area contributed by atoms with Crippen LogP contribution in [0, 0.1) is 18.3 Å². The molecule has 152 valence electrons. The minimum absolute atomic E-state index is 0.0868. The number of ketones is 1. The van der Waals surface area contributed by atoms with Crippen molar-refractivity contribution >= 4 is 5.78 Å². The van der Waals surface area contributed by atoms with Crippen LogP contribution in [-0.4, -0.2) is 29.9 Å². The highest BCUT2D eigenvalue weighted by Gasteiger charge is 2.43. The Morgan fingerprint density at radius 2 is 1.77 bits per heavy atom. The van der Waals surface area contributed by atoms with Crippen molar-refractivity contribution in [2.24, 2.45) is 5.73 Å². The zero-order valence-electron chi connectivity index (χ0n) is 17.6. The van der Waals surface area contributed by atoms with Gasteiger partial charge in [0.2, 0.25) is 0 Å². The van der Waals surface area contributed by atoms with Gasteiger partial charge < -0.3 is 5.73 Å². The van der Waals surface area contributed by atoms with E-state index in [1.54, 1.807) is 0 Å². The number of rotatable bonds is 3. The van der Waals surface area contributed by atoms with Gasteiger partial charge >= 0.3 is 0 Å². The van der Waals surface area contributed by atoms with Crippen LogP contribution >= 0.6 is 0 Å². The molecule has 0 spiro atoms. The topological polar surface area (TPSA) is 73.4 Å². The number of nitrogens with two attached hydrogens (primary N) is 1. The van der Waals surface area contributed by atoms with Gasteiger partial charge in [-0.25, -0.2) is 5.01 Å². The molecule has 0 radical (unpaired) electrons. The van der Waals surface area contributed by atoms with Crippen molar-refractivity contribution in [2.75, 3.05) is 14.1 Å². The predicted molar refractivity (Wildman–Crippen MR) is 117 cm³/mol. The van der Waals surface area contributed by atoms with E-state index < -0.39 is 5.92 Å². The molecule has 0 amide bonds. The van der Waals surface area contributed by atoms with Gasteiger partial charge in [0, 0.05) is 31.8 Å². The quantitative estimate of drug-likeness (QED) is 0.847. The number of hydrogen-bond acceptors (Lipinski definition) is 5. The first-order valence-electron chi connectivity index (χ1n) is 10.2. The number of hydrogen-bond donors (Lipinski definition) is 1. The average molecular weight is 399 g/mol. The summed E-state index contributed by atoms with van der Waals surface area (Å²) in [6.45, 7) is 2.01. The summed E-state index contributed by atoms with van der Waals surface area (Å²) in [5, 5.41) is 13.7. The van der Waals surface area contributed by atoms with Gasteiger partial charge in [-0.2, -0.15) is 5.26 Å². The summed E-state index contributed by atoms with van der Waals surface area (Å²) in [6, 6.07) is 20.5. The molecule has 0 bridgehead atoms. The van der Waals surface area contributed by atoms with Crippen LogP contribution < -0.4 is 5.73 Å². The second-order valence-electron chi connectivity index (χ2n) is 8.22. The normalized spacial score (nSPS) is 21.7. The van der Waals surface area contributed by atoms with Gasteiger partial charge in [0.25, 0.3) is 0 Å². The molecule has 0 saturated heterocycles. The minimum atomic E-state index is -0.426. The van der Waals surface area contributed by atoms with E-state index in [1.165, 1.54) is 0 Å². The predicted octanol–water partition coefficient (Wildman–Crippen LogP) is 3.97. The molecule has 5 nitrogen and oxygen atoms in total. The Morgan fingerprint density at radius 1 is 1.07 bits per heavy atom. The largest absolute Gasteiger partial charge is 0.383 e. The van der Waals surface area contributed by atoms with E-state index in [2.05, 4.69) is 18.2 Å². The third-order valence-electron chi connectivity index (χ3n) is 5.99. The highest BCUT2D eigenvalue weighted by atomic mass is 16.1. The van der Waals surface area contributed by atoms with Gasteiger partial charge in [-0.15, -0.1) is 0 Å². The number of hydrazine groups is 1. The summed E-state index contributed by atoms with van der Waals surface area (Å²) in [5.41, 5.74) is 11.7. The van der Waals surface area contributed by atoms with Crippen LogP contribution in [0.2, 0.25) is 0 Å². The molecule has 0 aromatic heterocycles. The minimum Gasteiger partial charge on any atom is -0.383 e. The molecule has 1 aliphatic carbocycles. The average Bonchev–Trinajstić information content (AvgIpc) is 2.73. The van der Waals surface area contributed by atoms with E-state index in [1.807, 2.05) is 73.5 Å². The molecule has 2 N–H and O–H groups in total. The molecule has 2 aliphatic rings. The maximum absolute atomic E-state index is 13.5. The van der Waals surface area contributed by atoms with Gasteiger partial charge in [-0.1, -0.05) is 60.2 Å². The van der Waals surface area contributed by atoms with Crippen LogP contribution in [0.1, 0.15) is 41.4 Å². The summed E-state index contributed by atoms with van der Waals surface area (Å²) in [6.07, 6.45) is 1.13. The molecule has 30 heavy (non-hydrogen) atoms. The molecule has 2 aromatic rings. The van der Waals surface area contributed by atoms with Gasteiger partial charge in [0.1, 0.15) is 5.82 Å². The van der Waals surface area contributed by atoms with Gasteiger partial charge in [-0.3, -0.25) is 9.80 Å². The molecule has 0 unspecified atom stereocenters. The van der Waals surface area contributed by atoms with Crippen molar-refractivity contribution in [1.29, 1.82) is 5.26 Å². The number of benzene rings is 2. The maximum Gasteiger partial charge on any atom is 0.162 e. The highest BCUT2D eigenvalue weighted by Crippen LogP contribution is 2.48. The van der Waals surface area contributed by atoms with E-state index in [9.17, 15) is 10.1 Å². The third-order valence-corrected chi connectivity index (χ3v) is 5.99. The number of carbonyl (C=O) groups is 1. The Hall–Kier alpha value is -3.36. The lowest BCUT2D eigenvalue weighted by molar-refractivity contribution is -0.117. The standard InChI is InChI=1S/C25H26N4O/c1-16-8-7-11-18(12-16)23-20(15-26)25(27)29(28(2)3)21-13-19(14-22(30)24(21)23)17-9-5-4-6-10-17/h4-12,19,23H,13-14,27H2,1-3H3/t19-,23+/m0/s1. The fraction of sp³-hybridized carbons (Fsp3) is 0.280. The highest BCUT2D eigenvalue weighted by molar-refractivity contribution is 6.00. The van der Waals surface area contributed by atoms with E-state index >= 15 is 0 Å². The van der Waals surface area contributed by atoms with Crippen LogP contribution in [-0.2, 0) is 4.79 Å². The van der Waals surface area contributed by atoms with Crippen LogP contribution in [0.5, 0.6) is 0 Å². The SMILES string of the molecule is Cc1cccc([C@@H]2C(C#N)=C(N)N(N(C)C)C3=C2C(=O)C[C@@H](c2ccccc2)C3)c1. The number of Topliss-reactive ketones (excluding diaryl/α,β-unsaturated/α-hetero) is 1. The number of carbonyl (C=O) groups excluding carboxylic acids is 1. The maximum atomic E-state index is 13.5. The summed E-state index contributed by atoms with van der Waals surface area (Å²) in [7, 11) is 3.77. The molecular formula is C25H26N4O.